The first-order chi connectivity index (χ1) is 12.3. The lowest BCUT2D eigenvalue weighted by atomic mass is 9.91. The van der Waals surface area contributed by atoms with Gasteiger partial charge in [-0.1, -0.05) is 36.7 Å². The van der Waals surface area contributed by atoms with Crippen LogP contribution in [0.2, 0.25) is 0 Å². The molecule has 6 nitrogen and oxygen atoms in total. The monoisotopic (exact) mass is 358 g/mol. The van der Waals surface area contributed by atoms with Gasteiger partial charge in [0.15, 0.2) is 0 Å². The molecule has 0 bridgehead atoms. The zero-order valence-electron chi connectivity index (χ0n) is 16.1. The number of nitrogens with zero attached hydrogens (tertiary/aromatic N) is 2. The summed E-state index contributed by atoms with van der Waals surface area (Å²) in [7, 11) is 0. The number of rotatable bonds is 4. The Morgan fingerprint density at radius 1 is 1.23 bits per heavy atom. The van der Waals surface area contributed by atoms with Gasteiger partial charge < -0.3 is 9.57 Å². The molecule has 0 aliphatic carbocycles. The van der Waals surface area contributed by atoms with E-state index in [1.807, 2.05) is 27.7 Å². The largest absolute Gasteiger partial charge is 0.447 e. The van der Waals surface area contributed by atoms with Crippen molar-refractivity contribution in [3.8, 4) is 0 Å². The van der Waals surface area contributed by atoms with Crippen molar-refractivity contribution in [2.24, 2.45) is 5.16 Å². The van der Waals surface area contributed by atoms with Crippen LogP contribution in [0.4, 0.5) is 4.79 Å². The fourth-order valence-electron chi connectivity index (χ4n) is 4.05. The molecule has 2 heterocycles. The Kier molecular flexibility index (Phi) is 4.78. The highest BCUT2D eigenvalue weighted by molar-refractivity contribution is 6.07. The zero-order valence-corrected chi connectivity index (χ0v) is 16.1. The smallest absolute Gasteiger partial charge is 0.417 e. The fourth-order valence-corrected chi connectivity index (χ4v) is 4.05. The van der Waals surface area contributed by atoms with Crippen LogP contribution < -0.4 is 0 Å². The predicted molar refractivity (Wildman–Crippen MR) is 98.2 cm³/mol. The van der Waals surface area contributed by atoms with Crippen LogP contribution in [0, 0.1) is 20.8 Å². The van der Waals surface area contributed by atoms with E-state index < -0.39 is 17.7 Å². The van der Waals surface area contributed by atoms with Crippen molar-refractivity contribution in [3.63, 3.8) is 0 Å². The van der Waals surface area contributed by atoms with E-state index in [-0.39, 0.29) is 12.5 Å². The summed E-state index contributed by atoms with van der Waals surface area (Å²) < 4.78 is 5.18. The molecule has 0 spiro atoms. The van der Waals surface area contributed by atoms with Gasteiger partial charge in [-0.25, -0.2) is 9.69 Å². The number of carbonyl (C=O) groups excluding carboxylic acids is 2. The molecule has 2 aliphatic rings. The minimum atomic E-state index is -0.784. The van der Waals surface area contributed by atoms with Crippen LogP contribution >= 0.6 is 0 Å². The molecule has 1 atom stereocenters. The average molecular weight is 358 g/mol. The lowest BCUT2D eigenvalue weighted by Crippen LogP contribution is -2.53. The van der Waals surface area contributed by atoms with E-state index in [0.717, 1.165) is 22.4 Å². The lowest BCUT2D eigenvalue weighted by Gasteiger charge is -2.32. The van der Waals surface area contributed by atoms with Crippen molar-refractivity contribution >= 4 is 17.7 Å². The molecule has 2 amide bonds. The second-order valence-corrected chi connectivity index (χ2v) is 7.27. The molecule has 0 saturated carbocycles. The molecule has 1 saturated heterocycles. The minimum Gasteiger partial charge on any atom is -0.447 e. The first kappa shape index (κ1) is 18.4. The van der Waals surface area contributed by atoms with Gasteiger partial charge in [0, 0.05) is 12.0 Å². The highest BCUT2D eigenvalue weighted by Crippen LogP contribution is 2.33. The van der Waals surface area contributed by atoms with Crippen molar-refractivity contribution in [2.75, 3.05) is 6.61 Å². The van der Waals surface area contributed by atoms with Crippen molar-refractivity contribution in [3.05, 3.63) is 34.4 Å². The lowest BCUT2D eigenvalue weighted by molar-refractivity contribution is -0.142. The number of hydrogen-bond acceptors (Lipinski definition) is 5. The molecular formula is C20H26N2O4. The number of aryl methyl sites for hydroxylation is 3. The van der Waals surface area contributed by atoms with Crippen LogP contribution in [0.3, 0.4) is 0 Å². The molecule has 1 fully saturated rings. The SMILES string of the molecule is CCC1(CC)COC(=O)N1C(=O)C1CC(c2c(C)cc(C)cc2C)=NO1. The second kappa shape index (κ2) is 6.74. The summed E-state index contributed by atoms with van der Waals surface area (Å²) >= 11 is 0. The maximum atomic E-state index is 13.0. The van der Waals surface area contributed by atoms with Crippen molar-refractivity contribution in [2.45, 2.75) is 65.5 Å². The van der Waals surface area contributed by atoms with Gasteiger partial charge >= 0.3 is 6.09 Å². The van der Waals surface area contributed by atoms with Gasteiger partial charge in [0.25, 0.3) is 5.91 Å². The number of imide groups is 1. The van der Waals surface area contributed by atoms with E-state index in [4.69, 9.17) is 9.57 Å². The quantitative estimate of drug-likeness (QED) is 0.824. The molecule has 0 aromatic heterocycles. The Labute approximate surface area is 154 Å². The van der Waals surface area contributed by atoms with E-state index in [1.54, 1.807) is 0 Å². The third-order valence-corrected chi connectivity index (χ3v) is 5.57. The summed E-state index contributed by atoms with van der Waals surface area (Å²) in [6, 6.07) is 4.19. The zero-order chi connectivity index (χ0) is 19.1. The molecule has 6 heteroatoms. The number of carbonyl (C=O) groups is 2. The molecule has 0 N–H and O–H groups in total. The summed E-state index contributed by atoms with van der Waals surface area (Å²) in [4.78, 5) is 31.9. The van der Waals surface area contributed by atoms with E-state index in [2.05, 4.69) is 24.2 Å². The van der Waals surface area contributed by atoms with Crippen LogP contribution in [-0.4, -0.2) is 40.9 Å². The Hall–Kier alpha value is -2.37. The summed E-state index contributed by atoms with van der Waals surface area (Å²) in [6.07, 6.45) is 0.290. The Morgan fingerprint density at radius 3 is 2.42 bits per heavy atom. The van der Waals surface area contributed by atoms with Gasteiger partial charge in [0.05, 0.1) is 11.3 Å². The van der Waals surface area contributed by atoms with E-state index in [9.17, 15) is 9.59 Å². The van der Waals surface area contributed by atoms with E-state index >= 15 is 0 Å². The molecule has 0 radical (unpaired) electrons. The normalized spacial score (nSPS) is 21.4. The number of benzene rings is 1. The van der Waals surface area contributed by atoms with Crippen molar-refractivity contribution in [1.82, 2.24) is 4.90 Å². The van der Waals surface area contributed by atoms with Crippen LogP contribution in [-0.2, 0) is 14.4 Å². The minimum absolute atomic E-state index is 0.237. The number of cyclic esters (lactones) is 1. The molecule has 2 aliphatic heterocycles. The number of amides is 2. The third kappa shape index (κ3) is 2.87. The maximum Gasteiger partial charge on any atom is 0.417 e. The number of ether oxygens (including phenoxy) is 1. The molecule has 140 valence electrons. The highest BCUT2D eigenvalue weighted by atomic mass is 16.6. The van der Waals surface area contributed by atoms with E-state index in [1.165, 1.54) is 10.5 Å². The summed E-state index contributed by atoms with van der Waals surface area (Å²) in [5, 5.41) is 4.17. The van der Waals surface area contributed by atoms with Crippen molar-refractivity contribution < 1.29 is 19.2 Å². The highest BCUT2D eigenvalue weighted by Gasteiger charge is 2.51. The van der Waals surface area contributed by atoms with Gasteiger partial charge in [-0.05, 0) is 44.7 Å². The summed E-state index contributed by atoms with van der Waals surface area (Å²) in [6.45, 7) is 10.3. The maximum absolute atomic E-state index is 13.0. The Balaban J connectivity index is 1.82. The van der Waals surface area contributed by atoms with Crippen molar-refractivity contribution in [1.29, 1.82) is 0 Å². The number of hydrogen-bond donors (Lipinski definition) is 0. The fraction of sp³-hybridized carbons (Fsp3) is 0.550. The van der Waals surface area contributed by atoms with Gasteiger partial charge in [0.1, 0.15) is 6.61 Å². The standard InChI is InChI=1S/C20H26N2O4/c1-6-20(7-2)11-25-19(24)22(20)18(23)16-10-15(21-26-16)17-13(4)8-12(3)9-14(17)5/h8-9,16H,6-7,10-11H2,1-5H3. The second-order valence-electron chi connectivity index (χ2n) is 7.27. The van der Waals surface area contributed by atoms with E-state index in [0.29, 0.717) is 19.3 Å². The topological polar surface area (TPSA) is 68.2 Å². The average Bonchev–Trinajstić information content (AvgIpc) is 3.19. The van der Waals surface area contributed by atoms with Crippen LogP contribution in [0.5, 0.6) is 0 Å². The third-order valence-electron chi connectivity index (χ3n) is 5.57. The van der Waals surface area contributed by atoms with Gasteiger partial charge in [-0.15, -0.1) is 0 Å². The van der Waals surface area contributed by atoms with Gasteiger partial charge in [-0.3, -0.25) is 4.79 Å². The molecule has 3 rings (SSSR count). The Morgan fingerprint density at radius 2 is 1.85 bits per heavy atom. The predicted octanol–water partition coefficient (Wildman–Crippen LogP) is 3.64. The van der Waals surface area contributed by atoms with Crippen LogP contribution in [0.15, 0.2) is 17.3 Å². The van der Waals surface area contributed by atoms with Crippen LogP contribution in [0.1, 0.15) is 55.4 Å². The molecule has 26 heavy (non-hydrogen) atoms. The summed E-state index contributed by atoms with van der Waals surface area (Å²) in [5.74, 6) is -0.364. The van der Waals surface area contributed by atoms with Gasteiger partial charge in [0.2, 0.25) is 6.10 Å². The molecule has 1 unspecified atom stereocenters. The number of oxime groups is 1. The van der Waals surface area contributed by atoms with Crippen LogP contribution in [0.25, 0.3) is 0 Å². The molecule has 1 aromatic carbocycles. The first-order valence-corrected chi connectivity index (χ1v) is 9.14. The molecule has 1 aromatic rings. The molecular weight excluding hydrogens is 332 g/mol. The summed E-state index contributed by atoms with van der Waals surface area (Å²) in [5.41, 5.74) is 4.59. The Bertz CT molecular complexity index is 757. The first-order valence-electron chi connectivity index (χ1n) is 9.14. The van der Waals surface area contributed by atoms with Gasteiger partial charge in [-0.2, -0.15) is 0 Å².